The number of nitro groups is 1. The molecule has 1 aromatic heterocycles. The fourth-order valence-corrected chi connectivity index (χ4v) is 2.45. The van der Waals surface area contributed by atoms with Gasteiger partial charge in [-0.05, 0) is 17.4 Å². The lowest BCUT2D eigenvalue weighted by Crippen LogP contribution is -2.12. The molecule has 0 aliphatic heterocycles. The second-order valence-electron chi connectivity index (χ2n) is 5.94. The zero-order chi connectivity index (χ0) is 14.9. The third kappa shape index (κ3) is 2.46. The van der Waals surface area contributed by atoms with Crippen molar-refractivity contribution in [1.29, 1.82) is 0 Å². The van der Waals surface area contributed by atoms with E-state index in [2.05, 4.69) is 11.9 Å². The zero-order valence-corrected chi connectivity index (χ0v) is 12.4. The van der Waals surface area contributed by atoms with Crippen molar-refractivity contribution < 1.29 is 4.92 Å². The highest BCUT2D eigenvalue weighted by Crippen LogP contribution is 2.39. The predicted octanol–water partition coefficient (Wildman–Crippen LogP) is 4.45. The Hall–Kier alpha value is -2.10. The molecule has 0 saturated heterocycles. The number of hydrogen-bond donors (Lipinski definition) is 1. The van der Waals surface area contributed by atoms with Gasteiger partial charge in [-0.3, -0.25) is 10.1 Å². The first-order valence-electron chi connectivity index (χ1n) is 6.80. The molecule has 4 heteroatoms. The van der Waals surface area contributed by atoms with Gasteiger partial charge in [0.1, 0.15) is 5.69 Å². The Morgan fingerprint density at radius 1 is 1.25 bits per heavy atom. The minimum atomic E-state index is -0.279. The van der Waals surface area contributed by atoms with Crippen molar-refractivity contribution in [1.82, 2.24) is 4.98 Å². The average molecular weight is 272 g/mol. The fraction of sp³-hybridized carbons (Fsp3) is 0.375. The summed E-state index contributed by atoms with van der Waals surface area (Å²) in [6.45, 7) is 8.01. The Morgan fingerprint density at radius 2 is 1.90 bits per heavy atom. The van der Waals surface area contributed by atoms with E-state index < -0.39 is 0 Å². The summed E-state index contributed by atoms with van der Waals surface area (Å²) in [6.07, 6.45) is 2.61. The van der Waals surface area contributed by atoms with Gasteiger partial charge in [-0.2, -0.15) is 0 Å². The molecular weight excluding hydrogens is 252 g/mol. The van der Waals surface area contributed by atoms with Crippen LogP contribution in [0.1, 0.15) is 38.8 Å². The van der Waals surface area contributed by atoms with E-state index in [1.54, 1.807) is 6.20 Å². The van der Waals surface area contributed by atoms with Crippen LogP contribution in [-0.2, 0) is 11.8 Å². The van der Waals surface area contributed by atoms with Gasteiger partial charge in [-0.1, -0.05) is 52.0 Å². The number of nitrogens with zero attached hydrogens (tertiary/aromatic N) is 1. The van der Waals surface area contributed by atoms with E-state index in [0.717, 1.165) is 23.1 Å². The van der Waals surface area contributed by atoms with Gasteiger partial charge >= 0.3 is 0 Å². The van der Waals surface area contributed by atoms with Gasteiger partial charge in [0.15, 0.2) is 0 Å². The number of H-pyrrole nitrogens is 1. The summed E-state index contributed by atoms with van der Waals surface area (Å²) in [7, 11) is 0. The second-order valence-corrected chi connectivity index (χ2v) is 5.94. The summed E-state index contributed by atoms with van der Waals surface area (Å²) >= 11 is 0. The van der Waals surface area contributed by atoms with Gasteiger partial charge in [-0.15, -0.1) is 0 Å². The number of aromatic amines is 1. The van der Waals surface area contributed by atoms with Crippen LogP contribution in [0.15, 0.2) is 30.5 Å². The number of aromatic nitrogens is 1. The predicted molar refractivity (Wildman–Crippen MR) is 81.0 cm³/mol. The molecule has 0 unspecified atom stereocenters. The molecule has 2 rings (SSSR count). The largest absolute Gasteiger partial charge is 0.355 e. The van der Waals surface area contributed by atoms with Crippen LogP contribution in [0.3, 0.4) is 0 Å². The van der Waals surface area contributed by atoms with E-state index in [9.17, 15) is 10.1 Å². The van der Waals surface area contributed by atoms with E-state index in [1.807, 2.05) is 45.0 Å². The van der Waals surface area contributed by atoms with Crippen LogP contribution in [0, 0.1) is 10.1 Å². The third-order valence-corrected chi connectivity index (χ3v) is 3.51. The van der Waals surface area contributed by atoms with Crippen LogP contribution in [0.4, 0.5) is 5.69 Å². The lowest BCUT2D eigenvalue weighted by Gasteiger charge is -2.16. The fourth-order valence-electron chi connectivity index (χ4n) is 2.45. The van der Waals surface area contributed by atoms with Gasteiger partial charge in [0, 0.05) is 11.8 Å². The maximum absolute atomic E-state index is 11.5. The molecule has 0 radical (unpaired) electrons. The first-order chi connectivity index (χ1) is 9.36. The molecule has 0 bridgehead atoms. The van der Waals surface area contributed by atoms with Crippen molar-refractivity contribution >= 4 is 5.69 Å². The molecule has 20 heavy (non-hydrogen) atoms. The number of nitrogens with one attached hydrogen (secondary N) is 1. The average Bonchev–Trinajstić information content (AvgIpc) is 2.83. The van der Waals surface area contributed by atoms with Crippen LogP contribution in [0.25, 0.3) is 11.3 Å². The van der Waals surface area contributed by atoms with Crippen LogP contribution < -0.4 is 0 Å². The molecule has 1 heterocycles. The van der Waals surface area contributed by atoms with Crippen LogP contribution in [-0.4, -0.2) is 9.91 Å². The minimum absolute atomic E-state index is 0.193. The Bertz CT molecular complexity index is 636. The van der Waals surface area contributed by atoms with Gasteiger partial charge in [0.25, 0.3) is 5.69 Å². The van der Waals surface area contributed by atoms with E-state index in [-0.39, 0.29) is 16.0 Å². The summed E-state index contributed by atoms with van der Waals surface area (Å²) in [5.74, 6) is 0. The Labute approximate surface area is 119 Å². The van der Waals surface area contributed by atoms with Gasteiger partial charge in [0.2, 0.25) is 0 Å². The number of benzene rings is 1. The summed E-state index contributed by atoms with van der Waals surface area (Å²) in [5, 5.41) is 11.5. The maximum atomic E-state index is 11.5. The van der Waals surface area contributed by atoms with Gasteiger partial charge in [-0.25, -0.2) is 0 Å². The van der Waals surface area contributed by atoms with Gasteiger partial charge < -0.3 is 4.98 Å². The van der Waals surface area contributed by atoms with Crippen LogP contribution >= 0.6 is 0 Å². The molecule has 0 aliphatic carbocycles. The molecule has 106 valence electrons. The number of hydrogen-bond acceptors (Lipinski definition) is 2. The van der Waals surface area contributed by atoms with Crippen molar-refractivity contribution in [3.05, 3.63) is 51.7 Å². The molecular formula is C16H20N2O2. The van der Waals surface area contributed by atoms with Crippen molar-refractivity contribution in [2.45, 2.75) is 39.5 Å². The minimum Gasteiger partial charge on any atom is -0.355 e. The zero-order valence-electron chi connectivity index (χ0n) is 12.4. The quantitative estimate of drug-likeness (QED) is 0.662. The van der Waals surface area contributed by atoms with Crippen LogP contribution in [0.5, 0.6) is 0 Å². The summed E-state index contributed by atoms with van der Waals surface area (Å²) in [4.78, 5) is 14.3. The first-order valence-corrected chi connectivity index (χ1v) is 6.80. The highest BCUT2D eigenvalue weighted by Gasteiger charge is 2.31. The highest BCUT2D eigenvalue weighted by atomic mass is 16.6. The molecule has 0 amide bonds. The molecule has 2 aromatic rings. The summed E-state index contributed by atoms with van der Waals surface area (Å²) in [5.41, 5.74) is 3.30. The number of aryl methyl sites for hydroxylation is 1. The Balaban J connectivity index is 2.70. The standard InChI is InChI=1S/C16H20N2O2/c1-5-11-8-6-7-9-12(11)14-15(18(19)20)13(10-17-14)16(2,3)4/h6-10,17H,5H2,1-4H3. The topological polar surface area (TPSA) is 58.9 Å². The lowest BCUT2D eigenvalue weighted by molar-refractivity contribution is -0.385. The molecule has 0 fully saturated rings. The van der Waals surface area contributed by atoms with E-state index in [0.29, 0.717) is 5.69 Å². The molecule has 1 aromatic carbocycles. The first kappa shape index (κ1) is 14.3. The Morgan fingerprint density at radius 3 is 2.45 bits per heavy atom. The molecule has 0 aliphatic rings. The van der Waals surface area contributed by atoms with Crippen molar-refractivity contribution in [2.24, 2.45) is 0 Å². The molecule has 1 N–H and O–H groups in total. The monoisotopic (exact) mass is 272 g/mol. The van der Waals surface area contributed by atoms with Crippen molar-refractivity contribution in [3.8, 4) is 11.3 Å². The van der Waals surface area contributed by atoms with Crippen molar-refractivity contribution in [2.75, 3.05) is 0 Å². The van der Waals surface area contributed by atoms with E-state index in [1.165, 1.54) is 0 Å². The molecule has 0 spiro atoms. The molecule has 0 atom stereocenters. The normalized spacial score (nSPS) is 11.6. The van der Waals surface area contributed by atoms with E-state index in [4.69, 9.17) is 0 Å². The summed E-state index contributed by atoms with van der Waals surface area (Å²) in [6, 6.07) is 7.82. The number of rotatable bonds is 3. The molecule has 4 nitrogen and oxygen atoms in total. The van der Waals surface area contributed by atoms with Gasteiger partial charge in [0.05, 0.1) is 10.5 Å². The Kier molecular flexibility index (Phi) is 3.66. The maximum Gasteiger partial charge on any atom is 0.298 e. The van der Waals surface area contributed by atoms with Crippen LogP contribution in [0.2, 0.25) is 0 Å². The smallest absolute Gasteiger partial charge is 0.298 e. The third-order valence-electron chi connectivity index (χ3n) is 3.51. The highest BCUT2D eigenvalue weighted by molar-refractivity contribution is 5.75. The van der Waals surface area contributed by atoms with E-state index >= 15 is 0 Å². The summed E-state index contributed by atoms with van der Waals surface area (Å²) < 4.78 is 0. The lowest BCUT2D eigenvalue weighted by atomic mass is 9.87. The second kappa shape index (κ2) is 5.12. The SMILES string of the molecule is CCc1ccccc1-c1[nH]cc(C(C)(C)C)c1[N+](=O)[O-]. The van der Waals surface area contributed by atoms with Crippen molar-refractivity contribution in [3.63, 3.8) is 0 Å². The molecule has 0 saturated carbocycles.